The summed E-state index contributed by atoms with van der Waals surface area (Å²) in [6.45, 7) is 4.48. The number of carbonyl (C=O) groups excluding carboxylic acids is 1. The van der Waals surface area contributed by atoms with E-state index in [1.807, 2.05) is 0 Å². The number of thiazole rings is 1. The number of hydrogen-bond acceptors (Lipinski definition) is 7. The van der Waals surface area contributed by atoms with Crippen molar-refractivity contribution in [1.82, 2.24) is 9.88 Å². The predicted octanol–water partition coefficient (Wildman–Crippen LogP) is 3.56. The number of aromatic hydroxyl groups is 1. The molecule has 0 radical (unpaired) electrons. The van der Waals surface area contributed by atoms with Gasteiger partial charge in [0, 0.05) is 30.6 Å². The van der Waals surface area contributed by atoms with Gasteiger partial charge in [0.1, 0.15) is 22.6 Å². The average molecular weight is 492 g/mol. The minimum absolute atomic E-state index is 0.0657. The van der Waals surface area contributed by atoms with Crippen LogP contribution in [0, 0.1) is 0 Å². The van der Waals surface area contributed by atoms with Crippen LogP contribution >= 0.6 is 43.2 Å². The Bertz CT molecular complexity index is 763. The Kier molecular flexibility index (Phi) is 6.45. The predicted molar refractivity (Wildman–Crippen MR) is 103 cm³/mol. The quantitative estimate of drug-likeness (QED) is 0.623. The minimum Gasteiger partial charge on any atom is -0.505 e. The van der Waals surface area contributed by atoms with Crippen molar-refractivity contribution in [2.24, 2.45) is 0 Å². The molecule has 2 aromatic rings. The first kappa shape index (κ1) is 18.8. The first-order chi connectivity index (χ1) is 12.1. The van der Waals surface area contributed by atoms with Crippen molar-refractivity contribution in [3.05, 3.63) is 25.4 Å². The molecule has 0 spiro atoms. The first-order valence-corrected chi connectivity index (χ1v) is 10.1. The van der Waals surface area contributed by atoms with Crippen LogP contribution in [0.3, 0.4) is 0 Å². The summed E-state index contributed by atoms with van der Waals surface area (Å²) in [5.74, 6) is 0.577. The standard InChI is InChI=1S/C16H16Br2N2O4S/c17-11-7-10(12-9-25-13(8-21)19-12)16(14(18)15(11)22)24-6-3-20-1-4-23-5-2-20/h7-9,22H,1-6H2. The number of ether oxygens (including phenoxy) is 2. The fourth-order valence-corrected chi connectivity index (χ4v) is 4.34. The lowest BCUT2D eigenvalue weighted by atomic mass is 10.1. The highest BCUT2D eigenvalue weighted by atomic mass is 79.9. The lowest BCUT2D eigenvalue weighted by molar-refractivity contribution is 0.0322. The van der Waals surface area contributed by atoms with E-state index < -0.39 is 0 Å². The summed E-state index contributed by atoms with van der Waals surface area (Å²) in [5.41, 5.74) is 1.35. The fraction of sp³-hybridized carbons (Fsp3) is 0.375. The summed E-state index contributed by atoms with van der Waals surface area (Å²) in [6.07, 6.45) is 0.720. The molecule has 0 amide bonds. The molecule has 3 rings (SSSR count). The van der Waals surface area contributed by atoms with Crippen LogP contribution in [0.2, 0.25) is 0 Å². The minimum atomic E-state index is 0.0657. The van der Waals surface area contributed by atoms with Gasteiger partial charge in [-0.3, -0.25) is 9.69 Å². The van der Waals surface area contributed by atoms with E-state index >= 15 is 0 Å². The van der Waals surface area contributed by atoms with Crippen LogP contribution in [0.5, 0.6) is 11.5 Å². The van der Waals surface area contributed by atoms with E-state index in [1.54, 1.807) is 11.4 Å². The number of carbonyl (C=O) groups is 1. The highest BCUT2D eigenvalue weighted by molar-refractivity contribution is 9.11. The summed E-state index contributed by atoms with van der Waals surface area (Å²) in [7, 11) is 0. The van der Waals surface area contributed by atoms with Crippen LogP contribution in [0.15, 0.2) is 20.4 Å². The Morgan fingerprint density at radius 2 is 2.16 bits per heavy atom. The first-order valence-electron chi connectivity index (χ1n) is 7.65. The SMILES string of the molecule is O=Cc1nc(-c2cc(Br)c(O)c(Br)c2OCCN2CCOCC2)cs1. The molecule has 0 unspecified atom stereocenters. The third kappa shape index (κ3) is 4.40. The summed E-state index contributed by atoms with van der Waals surface area (Å²) in [6, 6.07) is 1.74. The van der Waals surface area contributed by atoms with Gasteiger partial charge in [0.2, 0.25) is 0 Å². The Balaban J connectivity index is 1.82. The molecular weight excluding hydrogens is 476 g/mol. The Morgan fingerprint density at radius 3 is 2.84 bits per heavy atom. The van der Waals surface area contributed by atoms with Gasteiger partial charge in [-0.25, -0.2) is 4.98 Å². The molecule has 1 saturated heterocycles. The maximum atomic E-state index is 10.9. The topological polar surface area (TPSA) is 71.9 Å². The molecule has 1 N–H and O–H groups in total. The van der Waals surface area contributed by atoms with Crippen LogP contribution in [0.25, 0.3) is 11.3 Å². The van der Waals surface area contributed by atoms with Crippen LogP contribution < -0.4 is 4.74 Å². The number of hydrogen-bond donors (Lipinski definition) is 1. The molecule has 2 heterocycles. The fourth-order valence-electron chi connectivity index (χ4n) is 2.49. The zero-order valence-electron chi connectivity index (χ0n) is 13.2. The molecule has 0 aliphatic carbocycles. The van der Waals surface area contributed by atoms with Crippen molar-refractivity contribution >= 4 is 49.5 Å². The maximum Gasteiger partial charge on any atom is 0.178 e. The largest absolute Gasteiger partial charge is 0.505 e. The normalized spacial score (nSPS) is 15.3. The Morgan fingerprint density at radius 1 is 1.40 bits per heavy atom. The number of aldehydes is 1. The lowest BCUT2D eigenvalue weighted by Gasteiger charge is -2.26. The Labute approximate surface area is 166 Å². The summed E-state index contributed by atoms with van der Waals surface area (Å²) in [4.78, 5) is 17.5. The number of morpholine rings is 1. The molecule has 9 heteroatoms. The highest BCUT2D eigenvalue weighted by Crippen LogP contribution is 2.46. The molecule has 1 aliphatic rings. The van der Waals surface area contributed by atoms with Gasteiger partial charge in [0.05, 0.1) is 23.4 Å². The van der Waals surface area contributed by atoms with Gasteiger partial charge in [-0.15, -0.1) is 11.3 Å². The third-order valence-electron chi connectivity index (χ3n) is 3.81. The van der Waals surface area contributed by atoms with Crippen LogP contribution in [0.4, 0.5) is 0 Å². The maximum absolute atomic E-state index is 10.9. The van der Waals surface area contributed by atoms with Crippen LogP contribution in [-0.4, -0.2) is 60.7 Å². The van der Waals surface area contributed by atoms with Crippen molar-refractivity contribution in [3.8, 4) is 22.8 Å². The van der Waals surface area contributed by atoms with Gasteiger partial charge in [-0.1, -0.05) is 0 Å². The molecule has 1 fully saturated rings. The van der Waals surface area contributed by atoms with Gasteiger partial charge in [0.15, 0.2) is 11.3 Å². The molecular formula is C16H16Br2N2O4S. The molecule has 0 atom stereocenters. The number of nitrogens with zero attached hydrogens (tertiary/aromatic N) is 2. The van der Waals surface area contributed by atoms with E-state index in [1.165, 1.54) is 11.3 Å². The van der Waals surface area contributed by atoms with Crippen LogP contribution in [0.1, 0.15) is 9.80 Å². The number of halogens is 2. The highest BCUT2D eigenvalue weighted by Gasteiger charge is 2.20. The van der Waals surface area contributed by atoms with Gasteiger partial charge in [0.25, 0.3) is 0 Å². The third-order valence-corrected chi connectivity index (χ3v) is 5.92. The van der Waals surface area contributed by atoms with Crippen molar-refractivity contribution in [3.63, 3.8) is 0 Å². The van der Waals surface area contributed by atoms with Crippen molar-refractivity contribution in [2.45, 2.75) is 0 Å². The van der Waals surface area contributed by atoms with E-state index in [0.717, 1.165) is 39.1 Å². The smallest absolute Gasteiger partial charge is 0.178 e. The molecule has 1 aliphatic heterocycles. The zero-order valence-corrected chi connectivity index (χ0v) is 17.2. The molecule has 134 valence electrons. The van der Waals surface area contributed by atoms with E-state index in [0.29, 0.717) is 37.6 Å². The second kappa shape index (κ2) is 8.59. The van der Waals surface area contributed by atoms with Gasteiger partial charge in [-0.05, 0) is 37.9 Å². The van der Waals surface area contributed by atoms with Crippen molar-refractivity contribution in [1.29, 1.82) is 0 Å². The molecule has 0 saturated carbocycles. The van der Waals surface area contributed by atoms with Gasteiger partial charge >= 0.3 is 0 Å². The van der Waals surface area contributed by atoms with Crippen LogP contribution in [-0.2, 0) is 4.74 Å². The molecule has 0 bridgehead atoms. The molecule has 1 aromatic heterocycles. The second-order valence-corrected chi connectivity index (χ2v) is 7.93. The number of rotatable bonds is 6. The van der Waals surface area contributed by atoms with Crippen molar-refractivity contribution in [2.75, 3.05) is 39.5 Å². The average Bonchev–Trinajstić information content (AvgIpc) is 3.11. The van der Waals surface area contributed by atoms with E-state index in [9.17, 15) is 9.90 Å². The van der Waals surface area contributed by atoms with E-state index in [2.05, 4.69) is 41.7 Å². The summed E-state index contributed by atoms with van der Waals surface area (Å²) >= 11 is 7.99. The Hall–Kier alpha value is -1.00. The lowest BCUT2D eigenvalue weighted by Crippen LogP contribution is -2.38. The molecule has 25 heavy (non-hydrogen) atoms. The van der Waals surface area contributed by atoms with Gasteiger partial charge < -0.3 is 14.6 Å². The number of aromatic nitrogens is 1. The van der Waals surface area contributed by atoms with E-state index in [-0.39, 0.29) is 5.75 Å². The van der Waals surface area contributed by atoms with E-state index in [4.69, 9.17) is 9.47 Å². The molecule has 1 aromatic carbocycles. The van der Waals surface area contributed by atoms with Gasteiger partial charge in [-0.2, -0.15) is 0 Å². The summed E-state index contributed by atoms with van der Waals surface area (Å²) in [5, 5.41) is 12.4. The number of phenols is 1. The number of benzene rings is 1. The van der Waals surface area contributed by atoms with Crippen molar-refractivity contribution < 1.29 is 19.4 Å². The summed E-state index contributed by atoms with van der Waals surface area (Å²) < 4.78 is 12.3. The second-order valence-electron chi connectivity index (χ2n) is 5.39. The monoisotopic (exact) mass is 490 g/mol. The molecule has 6 nitrogen and oxygen atoms in total. The number of phenolic OH excluding ortho intramolecular Hbond substituents is 1. The zero-order chi connectivity index (χ0) is 17.8.